The monoisotopic (exact) mass is 478 g/mol. The topological polar surface area (TPSA) is 105 Å². The van der Waals surface area contributed by atoms with Gasteiger partial charge in [0.15, 0.2) is 0 Å². The molecule has 0 spiro atoms. The summed E-state index contributed by atoms with van der Waals surface area (Å²) in [5, 5.41) is 14.9. The molecule has 0 radical (unpaired) electrons. The third kappa shape index (κ3) is 5.84. The van der Waals surface area contributed by atoms with Crippen molar-refractivity contribution >= 4 is 18.0 Å². The van der Waals surface area contributed by atoms with Crippen molar-refractivity contribution in [2.75, 3.05) is 6.61 Å². The van der Waals surface area contributed by atoms with Gasteiger partial charge in [-0.15, -0.1) is 0 Å². The molecule has 0 aromatic heterocycles. The maximum absolute atomic E-state index is 12.8. The Balaban J connectivity index is 1.36. The molecule has 1 fully saturated rings. The fourth-order valence-corrected chi connectivity index (χ4v) is 5.09. The highest BCUT2D eigenvalue weighted by Crippen LogP contribution is 2.44. The van der Waals surface area contributed by atoms with Crippen LogP contribution in [0.25, 0.3) is 11.1 Å². The number of fused-ring (bicyclic) bond motifs is 3. The maximum Gasteiger partial charge on any atom is 0.407 e. The van der Waals surface area contributed by atoms with Gasteiger partial charge >= 0.3 is 12.1 Å². The van der Waals surface area contributed by atoms with Crippen LogP contribution in [0.3, 0.4) is 0 Å². The number of nitrogens with one attached hydrogen (secondary N) is 2. The molecule has 1 saturated carbocycles. The molecular weight excluding hydrogens is 444 g/mol. The Morgan fingerprint density at radius 3 is 2.17 bits per heavy atom. The van der Waals surface area contributed by atoms with Crippen LogP contribution in [0.15, 0.2) is 48.5 Å². The number of carbonyl (C=O) groups is 3. The predicted molar refractivity (Wildman–Crippen MR) is 133 cm³/mol. The number of alkyl carbamates (subject to hydrolysis) is 1. The molecule has 0 heterocycles. The minimum atomic E-state index is -1.03. The van der Waals surface area contributed by atoms with E-state index in [1.807, 2.05) is 31.2 Å². The number of hydrogen-bond donors (Lipinski definition) is 3. The Hall–Kier alpha value is -3.35. The van der Waals surface area contributed by atoms with Gasteiger partial charge in [-0.1, -0.05) is 74.7 Å². The average Bonchev–Trinajstić information content (AvgIpc) is 3.13. The quantitative estimate of drug-likeness (QED) is 0.429. The van der Waals surface area contributed by atoms with E-state index in [0.717, 1.165) is 54.4 Å². The molecule has 2 aromatic carbocycles. The smallest absolute Gasteiger partial charge is 0.407 e. The van der Waals surface area contributed by atoms with Crippen LogP contribution < -0.4 is 10.6 Å². The molecule has 4 rings (SSSR count). The lowest BCUT2D eigenvalue weighted by atomic mass is 9.78. The number of unbranched alkanes of at least 4 members (excludes halogenated alkanes) is 1. The van der Waals surface area contributed by atoms with E-state index in [1.165, 1.54) is 0 Å². The number of carboxylic acid groups (broad SMARTS) is 1. The van der Waals surface area contributed by atoms with Crippen LogP contribution in [0.2, 0.25) is 0 Å². The third-order valence-corrected chi connectivity index (χ3v) is 7.25. The molecule has 2 aromatic rings. The highest BCUT2D eigenvalue weighted by atomic mass is 16.5. The van der Waals surface area contributed by atoms with Gasteiger partial charge in [0, 0.05) is 18.4 Å². The molecule has 2 amide bonds. The van der Waals surface area contributed by atoms with E-state index in [-0.39, 0.29) is 36.8 Å². The molecule has 1 unspecified atom stereocenters. The molecule has 186 valence electrons. The second-order valence-corrected chi connectivity index (χ2v) is 9.57. The summed E-state index contributed by atoms with van der Waals surface area (Å²) in [5.74, 6) is -1.23. The molecule has 7 nitrogen and oxygen atoms in total. The van der Waals surface area contributed by atoms with Crippen LogP contribution in [-0.2, 0) is 14.3 Å². The Morgan fingerprint density at radius 1 is 1.00 bits per heavy atom. The number of hydrogen-bond acceptors (Lipinski definition) is 4. The van der Waals surface area contributed by atoms with Crippen molar-refractivity contribution in [2.45, 2.75) is 69.9 Å². The highest BCUT2D eigenvalue weighted by Gasteiger charge is 2.33. The SMILES string of the molecule is CCCC[C@H](NC(=O)CC(NC(=O)OCC1c2ccccc2-c2ccccc21)C1CCC1)C(=O)O. The van der Waals surface area contributed by atoms with Crippen LogP contribution >= 0.6 is 0 Å². The second kappa shape index (κ2) is 11.4. The van der Waals surface area contributed by atoms with Gasteiger partial charge in [0.25, 0.3) is 0 Å². The van der Waals surface area contributed by atoms with E-state index in [4.69, 9.17) is 4.74 Å². The Labute approximate surface area is 206 Å². The van der Waals surface area contributed by atoms with Crippen molar-refractivity contribution in [1.82, 2.24) is 10.6 Å². The predicted octanol–water partition coefficient (Wildman–Crippen LogP) is 4.84. The number of carbonyl (C=O) groups excluding carboxylic acids is 2. The van der Waals surface area contributed by atoms with Gasteiger partial charge in [-0.05, 0) is 47.4 Å². The molecule has 0 saturated heterocycles. The van der Waals surface area contributed by atoms with Gasteiger partial charge < -0.3 is 20.5 Å². The zero-order valence-corrected chi connectivity index (χ0v) is 20.2. The lowest BCUT2D eigenvalue weighted by Gasteiger charge is -2.34. The minimum Gasteiger partial charge on any atom is -0.480 e. The molecule has 0 aliphatic heterocycles. The normalized spacial score (nSPS) is 16.4. The van der Waals surface area contributed by atoms with Crippen molar-refractivity contribution in [2.24, 2.45) is 5.92 Å². The summed E-state index contributed by atoms with van der Waals surface area (Å²) >= 11 is 0. The first kappa shape index (κ1) is 24.8. The average molecular weight is 479 g/mol. The van der Waals surface area contributed by atoms with Crippen molar-refractivity contribution in [1.29, 1.82) is 0 Å². The van der Waals surface area contributed by atoms with Gasteiger partial charge in [-0.2, -0.15) is 0 Å². The number of rotatable bonds is 11. The fourth-order valence-electron chi connectivity index (χ4n) is 5.09. The maximum atomic E-state index is 12.8. The second-order valence-electron chi connectivity index (χ2n) is 9.57. The number of benzene rings is 2. The van der Waals surface area contributed by atoms with Gasteiger partial charge in [0.05, 0.1) is 0 Å². The van der Waals surface area contributed by atoms with E-state index in [2.05, 4.69) is 34.9 Å². The van der Waals surface area contributed by atoms with E-state index >= 15 is 0 Å². The van der Waals surface area contributed by atoms with Crippen molar-refractivity contribution in [3.05, 3.63) is 59.7 Å². The first-order valence-electron chi connectivity index (χ1n) is 12.6. The molecule has 7 heteroatoms. The zero-order valence-electron chi connectivity index (χ0n) is 20.2. The molecule has 35 heavy (non-hydrogen) atoms. The van der Waals surface area contributed by atoms with Crippen LogP contribution in [0.5, 0.6) is 0 Å². The molecular formula is C28H34N2O5. The van der Waals surface area contributed by atoms with Gasteiger partial charge in [-0.3, -0.25) is 4.79 Å². The molecule has 0 bridgehead atoms. The van der Waals surface area contributed by atoms with E-state index < -0.39 is 18.1 Å². The van der Waals surface area contributed by atoms with Crippen LogP contribution in [0.1, 0.15) is 68.9 Å². The van der Waals surface area contributed by atoms with E-state index in [0.29, 0.717) is 6.42 Å². The number of amides is 2. The largest absolute Gasteiger partial charge is 0.480 e. The van der Waals surface area contributed by atoms with Crippen molar-refractivity contribution < 1.29 is 24.2 Å². The number of ether oxygens (including phenoxy) is 1. The zero-order chi connectivity index (χ0) is 24.8. The summed E-state index contributed by atoms with van der Waals surface area (Å²) < 4.78 is 5.67. The summed E-state index contributed by atoms with van der Waals surface area (Å²) in [6.45, 7) is 2.19. The first-order valence-corrected chi connectivity index (χ1v) is 12.6. The standard InChI is InChI=1S/C28H34N2O5/c1-2-3-15-24(27(32)33)29-26(31)16-25(18-9-8-10-18)30-28(34)35-17-23-21-13-6-4-11-19(21)20-12-5-7-14-22(20)23/h4-7,11-14,18,23-25H,2-3,8-10,15-17H2,1H3,(H,29,31)(H,30,34)(H,32,33)/t24-,25?/m0/s1. The first-order chi connectivity index (χ1) is 17.0. The summed E-state index contributed by atoms with van der Waals surface area (Å²) in [7, 11) is 0. The minimum absolute atomic E-state index is 0.0338. The Morgan fingerprint density at radius 2 is 1.63 bits per heavy atom. The van der Waals surface area contributed by atoms with E-state index in [1.54, 1.807) is 0 Å². The van der Waals surface area contributed by atoms with Crippen LogP contribution in [0, 0.1) is 5.92 Å². The van der Waals surface area contributed by atoms with Gasteiger partial charge in [-0.25, -0.2) is 9.59 Å². The Bertz CT molecular complexity index is 1020. The highest BCUT2D eigenvalue weighted by molar-refractivity contribution is 5.84. The molecule has 2 atom stereocenters. The van der Waals surface area contributed by atoms with Crippen molar-refractivity contribution in [3.63, 3.8) is 0 Å². The van der Waals surface area contributed by atoms with Crippen LogP contribution in [-0.4, -0.2) is 41.8 Å². The summed E-state index contributed by atoms with van der Waals surface area (Å²) in [6, 6.07) is 15.0. The Kier molecular flexibility index (Phi) is 8.06. The lowest BCUT2D eigenvalue weighted by Crippen LogP contribution is -2.48. The summed E-state index contributed by atoms with van der Waals surface area (Å²) in [5.41, 5.74) is 4.61. The molecule has 3 N–H and O–H groups in total. The molecule has 2 aliphatic carbocycles. The fraction of sp³-hybridized carbons (Fsp3) is 0.464. The van der Waals surface area contributed by atoms with E-state index in [9.17, 15) is 19.5 Å². The summed E-state index contributed by atoms with van der Waals surface area (Å²) in [4.78, 5) is 36.9. The summed E-state index contributed by atoms with van der Waals surface area (Å²) in [6.07, 6.45) is 4.39. The van der Waals surface area contributed by atoms with Gasteiger partial charge in [0.2, 0.25) is 5.91 Å². The molecule has 2 aliphatic rings. The van der Waals surface area contributed by atoms with Crippen LogP contribution in [0.4, 0.5) is 4.79 Å². The number of aliphatic carboxylic acids is 1. The van der Waals surface area contributed by atoms with Gasteiger partial charge in [0.1, 0.15) is 12.6 Å². The third-order valence-electron chi connectivity index (χ3n) is 7.25. The van der Waals surface area contributed by atoms with Crippen molar-refractivity contribution in [3.8, 4) is 11.1 Å². The lowest BCUT2D eigenvalue weighted by molar-refractivity contribution is -0.142. The number of carboxylic acids is 1.